The number of nitrogens with one attached hydrogen (secondary N) is 1. The molecule has 2 heterocycles. The Labute approximate surface area is 128 Å². The number of piperidine rings is 1. The van der Waals surface area contributed by atoms with Crippen molar-refractivity contribution in [1.82, 2.24) is 4.81 Å². The molecular weight excluding hydrogens is 286 g/mol. The highest BCUT2D eigenvalue weighted by atomic mass is 19.1. The van der Waals surface area contributed by atoms with Crippen LogP contribution in [0.2, 0.25) is 6.82 Å². The summed E-state index contributed by atoms with van der Waals surface area (Å²) in [6.45, 7) is 3.11. The van der Waals surface area contributed by atoms with E-state index in [0.29, 0.717) is 17.9 Å². The molecular formula is C15H18BFN2O3. The van der Waals surface area contributed by atoms with E-state index in [-0.39, 0.29) is 18.2 Å². The van der Waals surface area contributed by atoms with E-state index in [2.05, 4.69) is 5.32 Å². The average molecular weight is 304 g/mol. The van der Waals surface area contributed by atoms with Gasteiger partial charge in [-0.15, -0.1) is 0 Å². The zero-order chi connectivity index (χ0) is 15.7. The molecule has 1 aromatic carbocycles. The summed E-state index contributed by atoms with van der Waals surface area (Å²) >= 11 is 0. The van der Waals surface area contributed by atoms with E-state index < -0.39 is 12.9 Å². The number of halogens is 1. The molecule has 0 aliphatic carbocycles. The quantitative estimate of drug-likeness (QED) is 0.817. The van der Waals surface area contributed by atoms with Crippen LogP contribution in [0.1, 0.15) is 18.4 Å². The third kappa shape index (κ3) is 3.00. The highest BCUT2D eigenvalue weighted by Gasteiger charge is 2.23. The molecule has 0 saturated carbocycles. The molecule has 3 rings (SSSR count). The number of anilines is 1. The molecule has 0 aromatic heterocycles. The first kappa shape index (κ1) is 15.1. The maximum absolute atomic E-state index is 14.5. The number of fused-ring (bicyclic) bond motifs is 1. The van der Waals surface area contributed by atoms with Crippen LogP contribution in [0.4, 0.5) is 10.1 Å². The van der Waals surface area contributed by atoms with Gasteiger partial charge in [0.1, 0.15) is 11.4 Å². The topological polar surface area (TPSA) is 61.8 Å². The molecule has 7 heteroatoms. The Hall–Kier alpha value is -1.86. The summed E-state index contributed by atoms with van der Waals surface area (Å²) in [6.07, 6.45) is 3.61. The van der Waals surface area contributed by atoms with Crippen molar-refractivity contribution < 1.29 is 18.9 Å². The number of hydrogen-bond acceptors (Lipinski definition) is 4. The Bertz CT molecular complexity index is 633. The molecule has 22 heavy (non-hydrogen) atoms. The molecule has 2 aliphatic rings. The molecule has 1 saturated heterocycles. The van der Waals surface area contributed by atoms with Gasteiger partial charge in [0.2, 0.25) is 0 Å². The molecule has 0 bridgehead atoms. The molecule has 0 unspecified atom stereocenters. The first-order valence-corrected chi connectivity index (χ1v) is 7.41. The standard InChI is InChI=1S/C15H18BFN2O3/c1-16(21)19-6-2-3-10(8-19)7-11-4-5-12-15(14(11)17)18-13(20)9-22-12/h4-5,7,21H,2-3,6,8-9H2,1H3,(H,18,20)/b10-7+. The second kappa shape index (κ2) is 6.10. The van der Waals surface area contributed by atoms with Gasteiger partial charge in [0.05, 0.1) is 0 Å². The Morgan fingerprint density at radius 3 is 3.09 bits per heavy atom. The summed E-state index contributed by atoms with van der Waals surface area (Å²) in [5.74, 6) is -0.477. The smallest absolute Gasteiger partial charge is 0.376 e. The van der Waals surface area contributed by atoms with Crippen molar-refractivity contribution in [2.45, 2.75) is 19.7 Å². The third-order valence-corrected chi connectivity index (χ3v) is 3.99. The molecule has 2 aliphatic heterocycles. The van der Waals surface area contributed by atoms with Gasteiger partial charge in [-0.05, 0) is 38.3 Å². The second-order valence-electron chi connectivity index (χ2n) is 5.69. The normalized spacial score (nSPS) is 20.3. The monoisotopic (exact) mass is 304 g/mol. The molecule has 1 aromatic rings. The molecule has 0 atom stereocenters. The lowest BCUT2D eigenvalue weighted by molar-refractivity contribution is -0.118. The summed E-state index contributed by atoms with van der Waals surface area (Å²) in [5, 5.41) is 12.2. The van der Waals surface area contributed by atoms with E-state index in [1.165, 1.54) is 0 Å². The van der Waals surface area contributed by atoms with E-state index >= 15 is 0 Å². The summed E-state index contributed by atoms with van der Waals surface area (Å²) in [7, 11) is -0.509. The lowest BCUT2D eigenvalue weighted by atomic mass is 9.82. The number of ether oxygens (including phenoxy) is 1. The second-order valence-corrected chi connectivity index (χ2v) is 5.69. The Morgan fingerprint density at radius 1 is 1.50 bits per heavy atom. The fraction of sp³-hybridized carbons (Fsp3) is 0.400. The van der Waals surface area contributed by atoms with Crippen molar-refractivity contribution in [3.63, 3.8) is 0 Å². The van der Waals surface area contributed by atoms with Crippen LogP contribution in [-0.2, 0) is 4.79 Å². The fourth-order valence-electron chi connectivity index (χ4n) is 2.83. The minimum atomic E-state index is -0.509. The summed E-state index contributed by atoms with van der Waals surface area (Å²) in [5.41, 5.74) is 1.59. The van der Waals surface area contributed by atoms with Crippen molar-refractivity contribution in [3.05, 3.63) is 29.1 Å². The molecule has 116 valence electrons. The maximum atomic E-state index is 14.5. The van der Waals surface area contributed by atoms with Crippen molar-refractivity contribution in [2.75, 3.05) is 25.0 Å². The Balaban J connectivity index is 1.87. The van der Waals surface area contributed by atoms with Gasteiger partial charge in [0, 0.05) is 12.1 Å². The van der Waals surface area contributed by atoms with E-state index in [1.54, 1.807) is 25.0 Å². The predicted molar refractivity (Wildman–Crippen MR) is 83.1 cm³/mol. The number of amides is 1. The van der Waals surface area contributed by atoms with Gasteiger partial charge in [-0.2, -0.15) is 0 Å². The number of nitrogens with zero attached hydrogens (tertiary/aromatic N) is 1. The summed E-state index contributed by atoms with van der Waals surface area (Å²) in [6, 6.07) is 3.32. The van der Waals surface area contributed by atoms with Crippen LogP contribution >= 0.6 is 0 Å². The van der Waals surface area contributed by atoms with Gasteiger partial charge in [-0.1, -0.05) is 11.6 Å². The van der Waals surface area contributed by atoms with Crippen molar-refractivity contribution in [1.29, 1.82) is 0 Å². The zero-order valence-corrected chi connectivity index (χ0v) is 12.4. The molecule has 1 fully saturated rings. The molecule has 1 amide bonds. The van der Waals surface area contributed by atoms with Crippen molar-refractivity contribution >= 4 is 24.7 Å². The van der Waals surface area contributed by atoms with Gasteiger partial charge in [0.25, 0.3) is 5.91 Å². The van der Waals surface area contributed by atoms with Crippen molar-refractivity contribution in [2.24, 2.45) is 0 Å². The fourth-order valence-corrected chi connectivity index (χ4v) is 2.83. The molecule has 2 N–H and O–H groups in total. The number of carbonyl (C=O) groups excluding carboxylic acids is 1. The number of rotatable bonds is 2. The minimum absolute atomic E-state index is 0.0871. The Kier molecular flexibility index (Phi) is 4.17. The first-order chi connectivity index (χ1) is 10.5. The van der Waals surface area contributed by atoms with Crippen LogP contribution in [0.25, 0.3) is 6.08 Å². The van der Waals surface area contributed by atoms with Gasteiger partial charge in [0.15, 0.2) is 12.4 Å². The SMILES string of the molecule is CB(O)N1CCC/C(=C\c2ccc3c(c2F)NC(=O)CO3)C1. The average Bonchev–Trinajstić information content (AvgIpc) is 2.51. The van der Waals surface area contributed by atoms with E-state index in [1.807, 2.05) is 4.81 Å². The van der Waals surface area contributed by atoms with Gasteiger partial charge in [-0.25, -0.2) is 4.39 Å². The third-order valence-electron chi connectivity index (χ3n) is 3.99. The first-order valence-electron chi connectivity index (χ1n) is 7.41. The number of carbonyl (C=O) groups is 1. The lowest BCUT2D eigenvalue weighted by Gasteiger charge is -2.29. The van der Waals surface area contributed by atoms with Crippen molar-refractivity contribution in [3.8, 4) is 5.75 Å². The molecule has 0 spiro atoms. The lowest BCUT2D eigenvalue weighted by Crippen LogP contribution is -2.41. The van der Waals surface area contributed by atoms with Crippen LogP contribution < -0.4 is 10.1 Å². The predicted octanol–water partition coefficient (Wildman–Crippen LogP) is 1.75. The summed E-state index contributed by atoms with van der Waals surface area (Å²) < 4.78 is 19.7. The van der Waals surface area contributed by atoms with Crippen LogP contribution in [0.5, 0.6) is 5.75 Å². The van der Waals surface area contributed by atoms with Gasteiger partial charge in [-0.3, -0.25) is 4.79 Å². The summed E-state index contributed by atoms with van der Waals surface area (Å²) in [4.78, 5) is 13.3. The van der Waals surface area contributed by atoms with Gasteiger partial charge >= 0.3 is 7.05 Å². The minimum Gasteiger partial charge on any atom is -0.481 e. The van der Waals surface area contributed by atoms with Crippen LogP contribution in [0, 0.1) is 5.82 Å². The van der Waals surface area contributed by atoms with E-state index in [9.17, 15) is 14.2 Å². The van der Waals surface area contributed by atoms with Crippen LogP contribution in [0.15, 0.2) is 17.7 Å². The van der Waals surface area contributed by atoms with E-state index in [4.69, 9.17) is 4.74 Å². The van der Waals surface area contributed by atoms with Crippen LogP contribution in [-0.4, -0.2) is 42.5 Å². The number of hydrogen-bond donors (Lipinski definition) is 2. The number of benzene rings is 1. The largest absolute Gasteiger partial charge is 0.481 e. The van der Waals surface area contributed by atoms with Gasteiger partial charge < -0.3 is 19.9 Å². The highest BCUT2D eigenvalue weighted by Crippen LogP contribution is 2.33. The Morgan fingerprint density at radius 2 is 2.32 bits per heavy atom. The van der Waals surface area contributed by atoms with Crippen LogP contribution in [0.3, 0.4) is 0 Å². The maximum Gasteiger partial charge on any atom is 0.376 e. The zero-order valence-electron chi connectivity index (χ0n) is 12.4. The molecule has 5 nitrogen and oxygen atoms in total. The van der Waals surface area contributed by atoms with E-state index in [0.717, 1.165) is 25.0 Å². The highest BCUT2D eigenvalue weighted by molar-refractivity contribution is 6.45. The molecule has 0 radical (unpaired) electrons.